The molecule has 1 aliphatic rings. The van der Waals surface area contributed by atoms with Crippen molar-refractivity contribution >= 4 is 23.2 Å². The second-order valence-corrected chi connectivity index (χ2v) is 3.14. The minimum atomic E-state index is 0.188. The van der Waals surface area contributed by atoms with Crippen molar-refractivity contribution in [2.24, 2.45) is 0 Å². The second-order valence-electron chi connectivity index (χ2n) is 2.37. The summed E-state index contributed by atoms with van der Waals surface area (Å²) in [6.45, 7) is 0.761. The van der Waals surface area contributed by atoms with Gasteiger partial charge in [-0.15, -0.1) is 0 Å². The highest BCUT2D eigenvalue weighted by Crippen LogP contribution is 2.31. The summed E-state index contributed by atoms with van der Waals surface area (Å²) in [7, 11) is 0. The molecule has 1 aromatic heterocycles. The predicted molar refractivity (Wildman–Crippen MR) is 43.0 cm³/mol. The summed E-state index contributed by atoms with van der Waals surface area (Å²) in [5.74, 6) is 0. The highest BCUT2D eigenvalue weighted by atomic mass is 35.5. The fraction of sp³-hybridized carbons (Fsp3) is 0.286. The lowest BCUT2D eigenvalue weighted by Gasteiger charge is -1.96. The fourth-order valence-corrected chi connectivity index (χ4v) is 1.39. The van der Waals surface area contributed by atoms with Gasteiger partial charge in [0.05, 0.1) is 6.61 Å². The molecule has 1 saturated heterocycles. The first-order valence-electron chi connectivity index (χ1n) is 3.20. The van der Waals surface area contributed by atoms with Crippen molar-refractivity contribution in [3.05, 3.63) is 28.0 Å². The van der Waals surface area contributed by atoms with E-state index in [4.69, 9.17) is 27.9 Å². The number of ether oxygens (including phenoxy) is 1. The van der Waals surface area contributed by atoms with Crippen LogP contribution in [0.1, 0.15) is 11.7 Å². The van der Waals surface area contributed by atoms with Crippen LogP contribution >= 0.6 is 23.2 Å². The largest absolute Gasteiger partial charge is 0.368 e. The molecule has 0 aromatic carbocycles. The average Bonchev–Trinajstić information content (AvgIpc) is 2.64. The van der Waals surface area contributed by atoms with Crippen molar-refractivity contribution in [3.8, 4) is 0 Å². The fourth-order valence-electron chi connectivity index (χ4n) is 0.910. The van der Waals surface area contributed by atoms with Crippen molar-refractivity contribution in [2.45, 2.75) is 6.10 Å². The van der Waals surface area contributed by atoms with Gasteiger partial charge in [-0.2, -0.15) is 0 Å². The first kappa shape index (κ1) is 7.35. The van der Waals surface area contributed by atoms with Crippen molar-refractivity contribution in [2.75, 3.05) is 6.61 Å². The molecule has 0 bridgehead atoms. The molecule has 0 radical (unpaired) electrons. The van der Waals surface area contributed by atoms with Gasteiger partial charge in [0, 0.05) is 0 Å². The molecule has 2 rings (SSSR count). The number of halogens is 2. The van der Waals surface area contributed by atoms with Gasteiger partial charge in [0.15, 0.2) is 0 Å². The predicted octanol–water partition coefficient (Wildman–Crippen LogP) is 2.46. The van der Waals surface area contributed by atoms with Crippen LogP contribution in [0.2, 0.25) is 10.3 Å². The van der Waals surface area contributed by atoms with Gasteiger partial charge >= 0.3 is 0 Å². The van der Waals surface area contributed by atoms with E-state index in [0.717, 1.165) is 12.2 Å². The summed E-state index contributed by atoms with van der Waals surface area (Å²) >= 11 is 11.3. The van der Waals surface area contributed by atoms with Crippen LogP contribution in [0.15, 0.2) is 12.1 Å². The Morgan fingerprint density at radius 1 is 1.36 bits per heavy atom. The summed E-state index contributed by atoms with van der Waals surface area (Å²) < 4.78 is 5.06. The van der Waals surface area contributed by atoms with E-state index in [-0.39, 0.29) is 6.10 Å². The molecular weight excluding hydrogens is 185 g/mol. The molecule has 4 heteroatoms. The Kier molecular flexibility index (Phi) is 1.75. The standard InChI is InChI=1S/C7H5Cl2NO/c8-6-1-4(5-3-11-5)2-7(9)10-6/h1-2,5H,3H2. The van der Waals surface area contributed by atoms with Gasteiger partial charge in [-0.05, 0) is 17.7 Å². The maximum Gasteiger partial charge on any atom is 0.131 e. The SMILES string of the molecule is Clc1cc(C2CO2)cc(Cl)n1. The molecule has 58 valence electrons. The van der Waals surface area contributed by atoms with Crippen LogP contribution in [0, 0.1) is 0 Å². The van der Waals surface area contributed by atoms with Crippen LogP contribution in [0.25, 0.3) is 0 Å². The van der Waals surface area contributed by atoms with E-state index in [9.17, 15) is 0 Å². The molecule has 2 heterocycles. The number of epoxide rings is 1. The molecule has 1 atom stereocenters. The minimum Gasteiger partial charge on any atom is -0.368 e. The van der Waals surface area contributed by atoms with E-state index >= 15 is 0 Å². The second kappa shape index (κ2) is 2.63. The van der Waals surface area contributed by atoms with Crippen molar-refractivity contribution in [3.63, 3.8) is 0 Å². The third kappa shape index (κ3) is 1.64. The van der Waals surface area contributed by atoms with Crippen LogP contribution in [0.4, 0.5) is 0 Å². The summed E-state index contributed by atoms with van der Waals surface area (Å²) in [5.41, 5.74) is 1.01. The topological polar surface area (TPSA) is 25.4 Å². The number of nitrogens with zero attached hydrogens (tertiary/aromatic N) is 1. The lowest BCUT2D eigenvalue weighted by atomic mass is 10.2. The first-order chi connectivity index (χ1) is 5.25. The van der Waals surface area contributed by atoms with Gasteiger partial charge in [0.2, 0.25) is 0 Å². The Bertz CT molecular complexity index is 266. The lowest BCUT2D eigenvalue weighted by Crippen LogP contribution is -1.83. The summed E-state index contributed by atoms with van der Waals surface area (Å²) in [6.07, 6.45) is 0.188. The first-order valence-corrected chi connectivity index (χ1v) is 3.96. The Balaban J connectivity index is 2.39. The molecule has 1 aromatic rings. The molecular formula is C7H5Cl2NO. The Labute approximate surface area is 74.1 Å². The highest BCUT2D eigenvalue weighted by molar-refractivity contribution is 6.32. The van der Waals surface area contributed by atoms with Gasteiger partial charge < -0.3 is 4.74 Å². The molecule has 1 fully saturated rings. The molecule has 0 amide bonds. The van der Waals surface area contributed by atoms with Crippen molar-refractivity contribution in [1.82, 2.24) is 4.98 Å². The lowest BCUT2D eigenvalue weighted by molar-refractivity contribution is 0.415. The van der Waals surface area contributed by atoms with Crippen LogP contribution in [0.3, 0.4) is 0 Å². The Morgan fingerprint density at radius 3 is 2.36 bits per heavy atom. The van der Waals surface area contributed by atoms with Gasteiger partial charge in [-0.1, -0.05) is 23.2 Å². The van der Waals surface area contributed by atoms with E-state index in [1.165, 1.54) is 0 Å². The van der Waals surface area contributed by atoms with E-state index in [1.54, 1.807) is 12.1 Å². The third-order valence-corrected chi connectivity index (χ3v) is 1.88. The summed E-state index contributed by atoms with van der Waals surface area (Å²) in [6, 6.07) is 3.54. The molecule has 0 aliphatic carbocycles. The molecule has 0 spiro atoms. The van der Waals surface area contributed by atoms with Crippen LogP contribution in [-0.4, -0.2) is 11.6 Å². The van der Waals surface area contributed by atoms with E-state index in [2.05, 4.69) is 4.98 Å². The van der Waals surface area contributed by atoms with E-state index in [0.29, 0.717) is 10.3 Å². The normalized spacial score (nSPS) is 21.8. The third-order valence-electron chi connectivity index (χ3n) is 1.49. The Hall–Kier alpha value is -0.310. The monoisotopic (exact) mass is 189 g/mol. The van der Waals surface area contributed by atoms with Crippen LogP contribution < -0.4 is 0 Å². The van der Waals surface area contributed by atoms with Crippen molar-refractivity contribution in [1.29, 1.82) is 0 Å². The molecule has 1 aliphatic heterocycles. The minimum absolute atomic E-state index is 0.188. The van der Waals surface area contributed by atoms with E-state index in [1.807, 2.05) is 0 Å². The summed E-state index contributed by atoms with van der Waals surface area (Å²) in [5, 5.41) is 0.839. The smallest absolute Gasteiger partial charge is 0.131 e. The molecule has 1 unspecified atom stereocenters. The zero-order valence-electron chi connectivity index (χ0n) is 5.55. The number of hydrogen-bond acceptors (Lipinski definition) is 2. The van der Waals surface area contributed by atoms with Gasteiger partial charge in [0.25, 0.3) is 0 Å². The zero-order valence-corrected chi connectivity index (χ0v) is 7.06. The van der Waals surface area contributed by atoms with E-state index < -0.39 is 0 Å². The molecule has 2 nitrogen and oxygen atoms in total. The molecule has 11 heavy (non-hydrogen) atoms. The molecule has 0 saturated carbocycles. The summed E-state index contributed by atoms with van der Waals surface area (Å²) in [4.78, 5) is 3.82. The number of aromatic nitrogens is 1. The number of hydrogen-bond donors (Lipinski definition) is 0. The molecule has 0 N–H and O–H groups in total. The maximum atomic E-state index is 5.67. The van der Waals surface area contributed by atoms with Crippen molar-refractivity contribution < 1.29 is 4.74 Å². The quantitative estimate of drug-likeness (QED) is 0.502. The van der Waals surface area contributed by atoms with Crippen LogP contribution in [0.5, 0.6) is 0 Å². The number of rotatable bonds is 1. The average molecular weight is 190 g/mol. The van der Waals surface area contributed by atoms with Gasteiger partial charge in [0.1, 0.15) is 16.4 Å². The zero-order chi connectivity index (χ0) is 7.84. The maximum absolute atomic E-state index is 5.67. The van der Waals surface area contributed by atoms with Crippen LogP contribution in [-0.2, 0) is 4.74 Å². The Morgan fingerprint density at radius 2 is 1.91 bits per heavy atom. The highest BCUT2D eigenvalue weighted by Gasteiger charge is 2.25. The number of pyridine rings is 1. The van der Waals surface area contributed by atoms with Gasteiger partial charge in [-0.3, -0.25) is 0 Å². The van der Waals surface area contributed by atoms with Gasteiger partial charge in [-0.25, -0.2) is 4.98 Å².